The number of rotatable bonds is 3. The second-order valence-electron chi connectivity index (χ2n) is 6.88. The molecule has 6 heteroatoms. The number of hydrogen-bond donors (Lipinski definition) is 2. The third-order valence-corrected chi connectivity index (χ3v) is 4.12. The van der Waals surface area contributed by atoms with Crippen molar-refractivity contribution >= 4 is 29.1 Å². The van der Waals surface area contributed by atoms with Gasteiger partial charge in [0.1, 0.15) is 0 Å². The number of carbonyl (C=O) groups is 2. The Labute approximate surface area is 141 Å². The highest BCUT2D eigenvalue weighted by Crippen LogP contribution is 2.34. The lowest BCUT2D eigenvalue weighted by Crippen LogP contribution is -2.42. The van der Waals surface area contributed by atoms with E-state index in [4.69, 9.17) is 16.3 Å². The maximum absolute atomic E-state index is 11.9. The molecule has 0 aromatic heterocycles. The molecule has 2 atom stereocenters. The largest absolute Gasteiger partial charge is 0.377 e. The molecular weight excluding hydrogens is 316 g/mol. The van der Waals surface area contributed by atoms with Gasteiger partial charge in [0.25, 0.3) is 0 Å². The van der Waals surface area contributed by atoms with Crippen molar-refractivity contribution in [3.8, 4) is 0 Å². The van der Waals surface area contributed by atoms with Crippen molar-refractivity contribution in [1.29, 1.82) is 0 Å². The van der Waals surface area contributed by atoms with Crippen LogP contribution in [0.2, 0.25) is 5.02 Å². The Morgan fingerprint density at radius 1 is 1.30 bits per heavy atom. The number of halogens is 1. The van der Waals surface area contributed by atoms with E-state index in [1.165, 1.54) is 0 Å². The number of nitrogens with one attached hydrogen (secondary N) is 2. The number of anilines is 1. The van der Waals surface area contributed by atoms with E-state index in [1.54, 1.807) is 24.3 Å². The van der Waals surface area contributed by atoms with Gasteiger partial charge in [-0.3, -0.25) is 9.59 Å². The summed E-state index contributed by atoms with van der Waals surface area (Å²) < 4.78 is 5.77. The summed E-state index contributed by atoms with van der Waals surface area (Å²) in [6.45, 7) is 7.47. The molecule has 0 bridgehead atoms. The van der Waals surface area contributed by atoms with Crippen molar-refractivity contribution in [1.82, 2.24) is 5.32 Å². The van der Waals surface area contributed by atoms with Gasteiger partial charge in [0.2, 0.25) is 0 Å². The molecule has 1 saturated heterocycles. The summed E-state index contributed by atoms with van der Waals surface area (Å²) in [5, 5.41) is 5.73. The molecule has 1 aromatic carbocycles. The van der Waals surface area contributed by atoms with Crippen LogP contribution in [0.15, 0.2) is 24.3 Å². The zero-order valence-corrected chi connectivity index (χ0v) is 14.4. The van der Waals surface area contributed by atoms with Gasteiger partial charge in [-0.2, -0.15) is 0 Å². The lowest BCUT2D eigenvalue weighted by molar-refractivity contribution is -0.136. The maximum Gasteiger partial charge on any atom is 0.313 e. The minimum Gasteiger partial charge on any atom is -0.377 e. The van der Waals surface area contributed by atoms with Crippen molar-refractivity contribution in [3.63, 3.8) is 0 Å². The van der Waals surface area contributed by atoms with Gasteiger partial charge in [0, 0.05) is 29.8 Å². The van der Waals surface area contributed by atoms with Gasteiger partial charge in [0.15, 0.2) is 0 Å². The van der Waals surface area contributed by atoms with E-state index in [2.05, 4.69) is 31.4 Å². The van der Waals surface area contributed by atoms with Crippen LogP contribution >= 0.6 is 11.6 Å². The molecule has 0 spiro atoms. The number of benzene rings is 1. The molecule has 2 amide bonds. The Morgan fingerprint density at radius 3 is 2.70 bits per heavy atom. The van der Waals surface area contributed by atoms with Gasteiger partial charge < -0.3 is 15.4 Å². The first-order chi connectivity index (χ1) is 10.8. The third kappa shape index (κ3) is 4.94. The third-order valence-electron chi connectivity index (χ3n) is 3.88. The fourth-order valence-corrected chi connectivity index (χ4v) is 3.05. The summed E-state index contributed by atoms with van der Waals surface area (Å²) in [6.07, 6.45) is 0.969. The number of amides is 2. The van der Waals surface area contributed by atoms with Crippen LogP contribution in [0.4, 0.5) is 5.69 Å². The quantitative estimate of drug-likeness (QED) is 0.833. The molecule has 1 fully saturated rings. The average Bonchev–Trinajstić information content (AvgIpc) is 2.93. The van der Waals surface area contributed by atoms with Crippen LogP contribution in [0.1, 0.15) is 27.2 Å². The molecule has 0 aliphatic carbocycles. The summed E-state index contributed by atoms with van der Waals surface area (Å²) in [5.74, 6) is -1.12. The van der Waals surface area contributed by atoms with Gasteiger partial charge in [-0.05, 0) is 30.0 Å². The Kier molecular flexibility index (Phi) is 5.65. The van der Waals surface area contributed by atoms with Gasteiger partial charge in [-0.15, -0.1) is 0 Å². The predicted molar refractivity (Wildman–Crippen MR) is 90.4 cm³/mol. The van der Waals surface area contributed by atoms with Crippen molar-refractivity contribution in [3.05, 3.63) is 29.3 Å². The van der Waals surface area contributed by atoms with Crippen molar-refractivity contribution in [2.24, 2.45) is 11.3 Å². The smallest absolute Gasteiger partial charge is 0.313 e. The van der Waals surface area contributed by atoms with E-state index in [0.717, 1.165) is 6.42 Å². The molecule has 23 heavy (non-hydrogen) atoms. The monoisotopic (exact) mass is 338 g/mol. The molecule has 0 radical (unpaired) electrons. The fourth-order valence-electron chi connectivity index (χ4n) is 2.86. The summed E-state index contributed by atoms with van der Waals surface area (Å²) in [4.78, 5) is 23.9. The molecule has 0 unspecified atom stereocenters. The first-order valence-corrected chi connectivity index (χ1v) is 8.11. The van der Waals surface area contributed by atoms with Crippen LogP contribution in [0.3, 0.4) is 0 Å². The van der Waals surface area contributed by atoms with E-state index in [-0.39, 0.29) is 17.4 Å². The first-order valence-electron chi connectivity index (χ1n) is 7.74. The van der Waals surface area contributed by atoms with Crippen molar-refractivity contribution in [2.45, 2.75) is 33.3 Å². The van der Waals surface area contributed by atoms with E-state index < -0.39 is 11.8 Å². The first kappa shape index (κ1) is 17.8. The Bertz CT molecular complexity index is 583. The van der Waals surface area contributed by atoms with Crippen molar-refractivity contribution < 1.29 is 14.3 Å². The molecule has 5 nitrogen and oxygen atoms in total. The van der Waals surface area contributed by atoms with Crippen LogP contribution in [-0.2, 0) is 14.3 Å². The van der Waals surface area contributed by atoms with Crippen LogP contribution < -0.4 is 10.6 Å². The molecular formula is C17H23ClN2O3. The molecule has 1 aromatic rings. The van der Waals surface area contributed by atoms with Gasteiger partial charge in [-0.25, -0.2) is 0 Å². The van der Waals surface area contributed by atoms with Gasteiger partial charge in [-0.1, -0.05) is 38.4 Å². The van der Waals surface area contributed by atoms with Crippen molar-refractivity contribution in [2.75, 3.05) is 18.5 Å². The Balaban J connectivity index is 1.86. The number of ether oxygens (including phenoxy) is 1. The van der Waals surface area contributed by atoms with Crippen LogP contribution in [-0.4, -0.2) is 31.1 Å². The number of hydrogen-bond acceptors (Lipinski definition) is 3. The Morgan fingerprint density at radius 2 is 2.04 bits per heavy atom. The highest BCUT2D eigenvalue weighted by atomic mass is 35.5. The average molecular weight is 339 g/mol. The van der Waals surface area contributed by atoms with E-state index in [1.807, 2.05) is 0 Å². The summed E-state index contributed by atoms with van der Waals surface area (Å²) in [7, 11) is 0. The molecule has 2 rings (SSSR count). The normalized spacial score (nSPS) is 21.0. The van der Waals surface area contributed by atoms with Crippen LogP contribution in [0.25, 0.3) is 0 Å². The summed E-state index contributed by atoms with van der Waals surface area (Å²) in [5.41, 5.74) is 0.504. The van der Waals surface area contributed by atoms with E-state index in [0.29, 0.717) is 23.9 Å². The highest BCUT2D eigenvalue weighted by molar-refractivity contribution is 6.39. The predicted octanol–water partition coefficient (Wildman–Crippen LogP) is 2.85. The summed E-state index contributed by atoms with van der Waals surface area (Å²) in [6, 6.07) is 6.67. The topological polar surface area (TPSA) is 67.4 Å². The molecule has 1 heterocycles. The summed E-state index contributed by atoms with van der Waals surface area (Å²) >= 11 is 5.85. The fraction of sp³-hybridized carbons (Fsp3) is 0.529. The van der Waals surface area contributed by atoms with Crippen LogP contribution in [0.5, 0.6) is 0 Å². The Hall–Kier alpha value is -1.59. The zero-order chi connectivity index (χ0) is 17.0. The van der Waals surface area contributed by atoms with E-state index >= 15 is 0 Å². The lowest BCUT2D eigenvalue weighted by Gasteiger charge is -2.31. The van der Waals surface area contributed by atoms with Gasteiger partial charge in [0.05, 0.1) is 6.10 Å². The molecule has 0 saturated carbocycles. The SMILES string of the molecule is CC(C)(C)[C@@H]1OCC[C@@H]1CNC(=O)C(=O)Nc1cccc(Cl)c1. The van der Waals surface area contributed by atoms with Gasteiger partial charge >= 0.3 is 11.8 Å². The highest BCUT2D eigenvalue weighted by Gasteiger charge is 2.37. The zero-order valence-electron chi connectivity index (χ0n) is 13.7. The lowest BCUT2D eigenvalue weighted by atomic mass is 9.81. The molecule has 2 N–H and O–H groups in total. The number of carbonyl (C=O) groups excluding carboxylic acids is 2. The standard InChI is InChI=1S/C17H23ClN2O3/c1-17(2,3)14-11(7-8-23-14)10-19-15(21)16(22)20-13-6-4-5-12(18)9-13/h4-6,9,11,14H,7-8,10H2,1-3H3,(H,19,21)(H,20,22)/t11-,14-/m1/s1. The van der Waals surface area contributed by atoms with Crippen LogP contribution in [0, 0.1) is 11.3 Å². The minimum absolute atomic E-state index is 0.00887. The maximum atomic E-state index is 11.9. The van der Waals surface area contributed by atoms with E-state index in [9.17, 15) is 9.59 Å². The molecule has 1 aliphatic rings. The molecule has 1 aliphatic heterocycles. The second-order valence-corrected chi connectivity index (χ2v) is 7.32. The second kappa shape index (κ2) is 7.32. The minimum atomic E-state index is -0.696. The molecule has 126 valence electrons.